The van der Waals surface area contributed by atoms with Crippen molar-refractivity contribution >= 4 is 11.3 Å². The third-order valence-electron chi connectivity index (χ3n) is 2.07. The number of likely N-dealkylation sites (tertiary alicyclic amines) is 1. The third-order valence-corrected chi connectivity index (χ3v) is 2.51. The lowest BCUT2D eigenvalue weighted by Gasteiger charge is -2.14. The van der Waals surface area contributed by atoms with Crippen LogP contribution in [0.1, 0.15) is 19.3 Å². The van der Waals surface area contributed by atoms with E-state index < -0.39 is 11.3 Å². The summed E-state index contributed by atoms with van der Waals surface area (Å²) in [6, 6.07) is 0. The van der Waals surface area contributed by atoms with Crippen LogP contribution in [0.15, 0.2) is 0 Å². The van der Waals surface area contributed by atoms with Gasteiger partial charge in [-0.3, -0.25) is 4.21 Å². The summed E-state index contributed by atoms with van der Waals surface area (Å²) in [6.07, 6.45) is 3.50. The van der Waals surface area contributed by atoms with Crippen molar-refractivity contribution in [1.29, 1.82) is 0 Å². The van der Waals surface area contributed by atoms with Crippen LogP contribution in [0, 0.1) is 0 Å². The SMILES string of the molecule is O=S([O-])NCCCN1CCCC1. The Kier molecular flexibility index (Phi) is 4.75. The average Bonchev–Trinajstić information content (AvgIpc) is 2.49. The highest BCUT2D eigenvalue weighted by molar-refractivity contribution is 7.77. The summed E-state index contributed by atoms with van der Waals surface area (Å²) in [5.41, 5.74) is 0. The van der Waals surface area contributed by atoms with Crippen molar-refractivity contribution in [2.45, 2.75) is 19.3 Å². The van der Waals surface area contributed by atoms with E-state index in [2.05, 4.69) is 9.62 Å². The van der Waals surface area contributed by atoms with E-state index in [0.717, 1.165) is 13.0 Å². The Morgan fingerprint density at radius 3 is 2.67 bits per heavy atom. The van der Waals surface area contributed by atoms with Gasteiger partial charge in [0.05, 0.1) is 0 Å². The molecule has 1 fully saturated rings. The van der Waals surface area contributed by atoms with Crippen LogP contribution in [0.5, 0.6) is 0 Å². The van der Waals surface area contributed by atoms with Crippen LogP contribution >= 0.6 is 0 Å². The largest absolute Gasteiger partial charge is 0.760 e. The zero-order valence-electron chi connectivity index (χ0n) is 7.12. The molecule has 1 saturated heterocycles. The van der Waals surface area contributed by atoms with E-state index in [0.29, 0.717) is 6.54 Å². The maximum absolute atomic E-state index is 10.1. The molecule has 0 amide bonds. The van der Waals surface area contributed by atoms with Crippen molar-refractivity contribution in [1.82, 2.24) is 9.62 Å². The van der Waals surface area contributed by atoms with Crippen molar-refractivity contribution in [3.05, 3.63) is 0 Å². The Labute approximate surface area is 75.7 Å². The molecule has 1 N–H and O–H groups in total. The normalized spacial score (nSPS) is 21.4. The molecule has 0 aromatic rings. The molecule has 0 aromatic carbocycles. The Morgan fingerprint density at radius 1 is 1.42 bits per heavy atom. The fraction of sp³-hybridized carbons (Fsp3) is 1.00. The Bertz CT molecular complexity index is 148. The van der Waals surface area contributed by atoms with E-state index in [9.17, 15) is 8.76 Å². The summed E-state index contributed by atoms with van der Waals surface area (Å²) >= 11 is -2.09. The van der Waals surface area contributed by atoms with Gasteiger partial charge in [-0.05, 0) is 38.9 Å². The molecule has 5 heteroatoms. The van der Waals surface area contributed by atoms with E-state index in [4.69, 9.17) is 0 Å². The first kappa shape index (κ1) is 10.1. The molecule has 0 saturated carbocycles. The molecule has 0 bridgehead atoms. The first-order valence-electron chi connectivity index (χ1n) is 4.34. The van der Waals surface area contributed by atoms with E-state index in [1.165, 1.54) is 25.9 Å². The van der Waals surface area contributed by atoms with E-state index >= 15 is 0 Å². The van der Waals surface area contributed by atoms with E-state index in [-0.39, 0.29) is 0 Å². The quantitative estimate of drug-likeness (QED) is 0.486. The fourth-order valence-corrected chi connectivity index (χ4v) is 1.78. The van der Waals surface area contributed by atoms with Gasteiger partial charge in [0.2, 0.25) is 0 Å². The van der Waals surface area contributed by atoms with Gasteiger partial charge in [-0.25, -0.2) is 4.72 Å². The zero-order chi connectivity index (χ0) is 8.81. The first-order chi connectivity index (χ1) is 5.79. The van der Waals surface area contributed by atoms with E-state index in [1.807, 2.05) is 0 Å². The molecular weight excluding hydrogens is 176 g/mol. The fourth-order valence-electron chi connectivity index (χ4n) is 1.46. The standard InChI is InChI=1S/C7H16N2O2S/c10-12(11)8-4-3-7-9-5-1-2-6-9/h8H,1-7H2,(H,10,11)/p-1. The van der Waals surface area contributed by atoms with Crippen LogP contribution in [-0.4, -0.2) is 39.8 Å². The first-order valence-corrected chi connectivity index (χ1v) is 5.41. The lowest BCUT2D eigenvalue weighted by molar-refractivity contribution is 0.334. The average molecular weight is 191 g/mol. The van der Waals surface area contributed by atoms with Crippen LogP contribution < -0.4 is 4.72 Å². The van der Waals surface area contributed by atoms with Gasteiger partial charge in [-0.2, -0.15) is 0 Å². The summed E-state index contributed by atoms with van der Waals surface area (Å²) in [5, 5.41) is 0. The maximum Gasteiger partial charge on any atom is 0.0181 e. The lowest BCUT2D eigenvalue weighted by atomic mass is 10.4. The summed E-state index contributed by atoms with van der Waals surface area (Å²) in [5.74, 6) is 0. The van der Waals surface area contributed by atoms with Gasteiger partial charge in [0.15, 0.2) is 0 Å². The van der Waals surface area contributed by atoms with Crippen LogP contribution in [-0.2, 0) is 11.3 Å². The minimum Gasteiger partial charge on any atom is -0.760 e. The van der Waals surface area contributed by atoms with Crippen LogP contribution in [0.3, 0.4) is 0 Å². The molecule has 0 aromatic heterocycles. The van der Waals surface area contributed by atoms with E-state index in [1.54, 1.807) is 0 Å². The molecule has 1 atom stereocenters. The van der Waals surface area contributed by atoms with Gasteiger partial charge in [0.1, 0.15) is 0 Å². The van der Waals surface area contributed by atoms with Crippen LogP contribution in [0.25, 0.3) is 0 Å². The molecule has 0 spiro atoms. The molecule has 0 radical (unpaired) electrons. The van der Waals surface area contributed by atoms with Crippen LogP contribution in [0.4, 0.5) is 0 Å². The van der Waals surface area contributed by atoms with Gasteiger partial charge in [0.25, 0.3) is 0 Å². The highest BCUT2D eigenvalue weighted by atomic mass is 32.2. The number of nitrogens with zero attached hydrogens (tertiary/aromatic N) is 1. The Balaban J connectivity index is 1.91. The zero-order valence-corrected chi connectivity index (χ0v) is 7.94. The third kappa shape index (κ3) is 4.15. The summed E-state index contributed by atoms with van der Waals surface area (Å²) in [4.78, 5) is 2.37. The molecule has 1 aliphatic heterocycles. The highest BCUT2D eigenvalue weighted by Crippen LogP contribution is 2.06. The molecule has 0 aliphatic carbocycles. The minimum atomic E-state index is -2.09. The summed E-state index contributed by atoms with van der Waals surface area (Å²) in [6.45, 7) is 3.94. The van der Waals surface area contributed by atoms with Crippen molar-refractivity contribution in [2.24, 2.45) is 0 Å². The monoisotopic (exact) mass is 191 g/mol. The molecule has 72 valence electrons. The number of nitrogens with one attached hydrogen (secondary N) is 1. The number of hydrogen-bond donors (Lipinski definition) is 1. The summed E-state index contributed by atoms with van der Waals surface area (Å²) in [7, 11) is 0. The second-order valence-electron chi connectivity index (χ2n) is 3.03. The van der Waals surface area contributed by atoms with Gasteiger partial charge in [0, 0.05) is 17.8 Å². The molecular formula is C7H15N2O2S-. The van der Waals surface area contributed by atoms with Gasteiger partial charge in [-0.15, -0.1) is 0 Å². The van der Waals surface area contributed by atoms with Gasteiger partial charge < -0.3 is 9.45 Å². The van der Waals surface area contributed by atoms with Crippen molar-refractivity contribution in [2.75, 3.05) is 26.2 Å². The van der Waals surface area contributed by atoms with Crippen molar-refractivity contribution in [3.63, 3.8) is 0 Å². The molecule has 1 aliphatic rings. The Morgan fingerprint density at radius 2 is 2.08 bits per heavy atom. The second kappa shape index (κ2) is 5.64. The smallest absolute Gasteiger partial charge is 0.0181 e. The van der Waals surface area contributed by atoms with Crippen molar-refractivity contribution in [3.8, 4) is 0 Å². The predicted molar refractivity (Wildman–Crippen MR) is 47.2 cm³/mol. The molecule has 4 nitrogen and oxygen atoms in total. The highest BCUT2D eigenvalue weighted by Gasteiger charge is 2.09. The molecule has 1 unspecified atom stereocenters. The number of rotatable bonds is 5. The number of hydrogen-bond acceptors (Lipinski definition) is 3. The van der Waals surface area contributed by atoms with Crippen molar-refractivity contribution < 1.29 is 8.76 Å². The lowest BCUT2D eigenvalue weighted by Crippen LogP contribution is -2.25. The Hall–Kier alpha value is 0.0300. The van der Waals surface area contributed by atoms with Gasteiger partial charge in [-0.1, -0.05) is 0 Å². The molecule has 12 heavy (non-hydrogen) atoms. The van der Waals surface area contributed by atoms with Gasteiger partial charge >= 0.3 is 0 Å². The second-order valence-corrected chi connectivity index (χ2v) is 3.79. The molecule has 1 rings (SSSR count). The van der Waals surface area contributed by atoms with Crippen LogP contribution in [0.2, 0.25) is 0 Å². The topological polar surface area (TPSA) is 55.4 Å². The minimum absolute atomic E-state index is 0.562. The maximum atomic E-state index is 10.1. The molecule has 1 heterocycles. The predicted octanol–water partition coefficient (Wildman–Crippen LogP) is -0.144. The summed E-state index contributed by atoms with van der Waals surface area (Å²) < 4.78 is 22.5.